The largest absolute Gasteiger partial charge is 0.508 e. The van der Waals surface area contributed by atoms with E-state index in [1.165, 1.54) is 0 Å². The number of likely N-dealkylation sites (tertiary alicyclic amines) is 1. The molecule has 1 heterocycles. The van der Waals surface area contributed by atoms with Gasteiger partial charge < -0.3 is 14.9 Å². The molecule has 1 unspecified atom stereocenters. The van der Waals surface area contributed by atoms with Crippen LogP contribution < -0.4 is 0 Å². The summed E-state index contributed by atoms with van der Waals surface area (Å²) >= 11 is 0. The molecule has 25 heavy (non-hydrogen) atoms. The molecule has 0 saturated carbocycles. The third-order valence-electron chi connectivity index (χ3n) is 5.80. The third kappa shape index (κ3) is 3.37. The Hall–Kier alpha value is -2.04. The number of nitrogens with zero attached hydrogens (tertiary/aromatic N) is 2. The molecule has 1 aromatic rings. The Bertz CT molecular complexity index is 663. The van der Waals surface area contributed by atoms with Crippen molar-refractivity contribution >= 4 is 11.8 Å². The van der Waals surface area contributed by atoms with Crippen LogP contribution in [0.4, 0.5) is 0 Å². The number of phenolic OH excluding ortho intramolecular Hbond substituents is 1. The van der Waals surface area contributed by atoms with Crippen LogP contribution in [0.5, 0.6) is 5.75 Å². The summed E-state index contributed by atoms with van der Waals surface area (Å²) in [7, 11) is 1.85. The molecule has 0 spiro atoms. The van der Waals surface area contributed by atoms with Crippen LogP contribution in [0.1, 0.15) is 50.2 Å². The SMILES string of the molecule is CC(C)N(C)C(=O)C1CCN(C(=O)C2CCc3cccc(O)c32)CC1. The highest BCUT2D eigenvalue weighted by molar-refractivity contribution is 5.86. The summed E-state index contributed by atoms with van der Waals surface area (Å²) in [6.45, 7) is 5.28. The van der Waals surface area contributed by atoms with Crippen LogP contribution in [0.15, 0.2) is 18.2 Å². The molecular formula is C20H28N2O3. The zero-order valence-electron chi connectivity index (χ0n) is 15.4. The number of amides is 2. The van der Waals surface area contributed by atoms with E-state index in [-0.39, 0.29) is 35.4 Å². The van der Waals surface area contributed by atoms with Gasteiger partial charge in [0, 0.05) is 37.7 Å². The van der Waals surface area contributed by atoms with E-state index in [0.29, 0.717) is 13.1 Å². The molecule has 1 atom stereocenters. The highest BCUT2D eigenvalue weighted by atomic mass is 16.3. The van der Waals surface area contributed by atoms with Crippen molar-refractivity contribution in [3.05, 3.63) is 29.3 Å². The average molecular weight is 344 g/mol. The predicted octanol–water partition coefficient (Wildman–Crippen LogP) is 2.53. The van der Waals surface area contributed by atoms with Crippen LogP contribution in [0, 0.1) is 5.92 Å². The van der Waals surface area contributed by atoms with E-state index in [2.05, 4.69) is 0 Å². The topological polar surface area (TPSA) is 60.9 Å². The van der Waals surface area contributed by atoms with Gasteiger partial charge >= 0.3 is 0 Å². The van der Waals surface area contributed by atoms with Gasteiger partial charge in [-0.05, 0) is 51.2 Å². The molecule has 5 heteroatoms. The van der Waals surface area contributed by atoms with Crippen molar-refractivity contribution in [2.75, 3.05) is 20.1 Å². The van der Waals surface area contributed by atoms with Crippen LogP contribution in [0.2, 0.25) is 0 Å². The average Bonchev–Trinajstić information content (AvgIpc) is 3.05. The summed E-state index contributed by atoms with van der Waals surface area (Å²) in [6.07, 6.45) is 3.05. The number of hydrogen-bond acceptors (Lipinski definition) is 3. The number of phenols is 1. The van der Waals surface area contributed by atoms with Gasteiger partial charge in [0.25, 0.3) is 0 Å². The van der Waals surface area contributed by atoms with Gasteiger partial charge in [0.05, 0.1) is 5.92 Å². The minimum atomic E-state index is -0.234. The van der Waals surface area contributed by atoms with E-state index >= 15 is 0 Å². The van der Waals surface area contributed by atoms with E-state index < -0.39 is 0 Å². The van der Waals surface area contributed by atoms with E-state index in [1.807, 2.05) is 37.9 Å². The summed E-state index contributed by atoms with van der Waals surface area (Å²) in [5.41, 5.74) is 1.90. The summed E-state index contributed by atoms with van der Waals surface area (Å²) in [4.78, 5) is 29.1. The Labute approximate surface area is 149 Å². The molecule has 5 nitrogen and oxygen atoms in total. The summed E-state index contributed by atoms with van der Waals surface area (Å²) in [5, 5.41) is 10.2. The van der Waals surface area contributed by atoms with Crippen molar-refractivity contribution in [3.8, 4) is 5.75 Å². The van der Waals surface area contributed by atoms with Crippen molar-refractivity contribution in [2.24, 2.45) is 5.92 Å². The Morgan fingerprint density at radius 1 is 1.20 bits per heavy atom. The molecule has 1 aliphatic carbocycles. The fourth-order valence-electron chi connectivity index (χ4n) is 4.02. The van der Waals surface area contributed by atoms with Gasteiger partial charge in [0.1, 0.15) is 5.75 Å². The molecule has 1 fully saturated rings. The second-order valence-electron chi connectivity index (χ2n) is 7.58. The van der Waals surface area contributed by atoms with Crippen molar-refractivity contribution in [3.63, 3.8) is 0 Å². The maximum absolute atomic E-state index is 13.0. The maximum atomic E-state index is 13.0. The van der Waals surface area contributed by atoms with E-state index in [1.54, 1.807) is 11.0 Å². The molecule has 136 valence electrons. The number of benzene rings is 1. The van der Waals surface area contributed by atoms with Crippen molar-refractivity contribution in [1.29, 1.82) is 0 Å². The smallest absolute Gasteiger partial charge is 0.230 e. The van der Waals surface area contributed by atoms with Gasteiger partial charge in [-0.25, -0.2) is 0 Å². The lowest BCUT2D eigenvalue weighted by atomic mass is 9.92. The molecule has 0 bridgehead atoms. The van der Waals surface area contributed by atoms with E-state index in [9.17, 15) is 14.7 Å². The van der Waals surface area contributed by atoms with E-state index in [4.69, 9.17) is 0 Å². The monoisotopic (exact) mass is 344 g/mol. The maximum Gasteiger partial charge on any atom is 0.230 e. The summed E-state index contributed by atoms with van der Waals surface area (Å²) in [6, 6.07) is 5.69. The van der Waals surface area contributed by atoms with Crippen LogP contribution in [0.3, 0.4) is 0 Å². The molecule has 2 aliphatic rings. The van der Waals surface area contributed by atoms with Gasteiger partial charge in [-0.1, -0.05) is 12.1 Å². The normalized spacial score (nSPS) is 20.6. The van der Waals surface area contributed by atoms with Gasteiger partial charge in [-0.15, -0.1) is 0 Å². The van der Waals surface area contributed by atoms with Gasteiger partial charge in [-0.3, -0.25) is 9.59 Å². The highest BCUT2D eigenvalue weighted by Crippen LogP contribution is 2.40. The number of carbonyl (C=O) groups excluding carboxylic acids is 2. The number of piperidine rings is 1. The van der Waals surface area contributed by atoms with Crippen molar-refractivity contribution in [1.82, 2.24) is 9.80 Å². The molecule has 1 saturated heterocycles. The third-order valence-corrected chi connectivity index (χ3v) is 5.80. The lowest BCUT2D eigenvalue weighted by Crippen LogP contribution is -2.46. The molecule has 1 N–H and O–H groups in total. The lowest BCUT2D eigenvalue weighted by Gasteiger charge is -2.35. The number of fused-ring (bicyclic) bond motifs is 1. The van der Waals surface area contributed by atoms with Crippen LogP contribution in [0.25, 0.3) is 0 Å². The first-order valence-corrected chi connectivity index (χ1v) is 9.26. The van der Waals surface area contributed by atoms with Gasteiger partial charge in [-0.2, -0.15) is 0 Å². The Morgan fingerprint density at radius 3 is 2.52 bits per heavy atom. The molecule has 0 aromatic heterocycles. The first-order chi connectivity index (χ1) is 11.9. The van der Waals surface area contributed by atoms with Crippen molar-refractivity contribution < 1.29 is 14.7 Å². The van der Waals surface area contributed by atoms with Crippen LogP contribution in [-0.2, 0) is 16.0 Å². The zero-order chi connectivity index (χ0) is 18.1. The first-order valence-electron chi connectivity index (χ1n) is 9.26. The molecule has 1 aromatic carbocycles. The second kappa shape index (κ2) is 7.06. The number of aryl methyl sites for hydroxylation is 1. The predicted molar refractivity (Wildman–Crippen MR) is 96.4 cm³/mol. The molecule has 2 amide bonds. The summed E-state index contributed by atoms with van der Waals surface area (Å²) in [5.74, 6) is 0.300. The second-order valence-corrected chi connectivity index (χ2v) is 7.58. The first kappa shape index (κ1) is 17.8. The molecule has 1 aliphatic heterocycles. The van der Waals surface area contributed by atoms with E-state index in [0.717, 1.165) is 36.8 Å². The Balaban J connectivity index is 1.63. The Morgan fingerprint density at radius 2 is 1.88 bits per heavy atom. The van der Waals surface area contributed by atoms with Crippen molar-refractivity contribution in [2.45, 2.75) is 51.5 Å². The number of aromatic hydroxyl groups is 1. The van der Waals surface area contributed by atoms with Gasteiger partial charge in [0.15, 0.2) is 0 Å². The summed E-state index contributed by atoms with van der Waals surface area (Å²) < 4.78 is 0. The standard InChI is InChI=1S/C20H28N2O3/c1-13(2)21(3)19(24)15-9-11-22(12-10-15)20(25)16-8-7-14-5-4-6-17(23)18(14)16/h4-6,13,15-16,23H,7-12H2,1-3H3. The quantitative estimate of drug-likeness (QED) is 0.916. The highest BCUT2D eigenvalue weighted by Gasteiger charge is 2.36. The molecular weight excluding hydrogens is 316 g/mol. The Kier molecular flexibility index (Phi) is 5.02. The van der Waals surface area contributed by atoms with Crippen LogP contribution >= 0.6 is 0 Å². The molecule has 0 radical (unpaired) electrons. The number of hydrogen-bond donors (Lipinski definition) is 1. The zero-order valence-corrected chi connectivity index (χ0v) is 15.4. The van der Waals surface area contributed by atoms with Gasteiger partial charge in [0.2, 0.25) is 11.8 Å². The number of carbonyl (C=O) groups is 2. The molecule has 3 rings (SSSR count). The fourth-order valence-corrected chi connectivity index (χ4v) is 4.02. The minimum Gasteiger partial charge on any atom is -0.508 e. The number of rotatable bonds is 3. The fraction of sp³-hybridized carbons (Fsp3) is 0.600. The lowest BCUT2D eigenvalue weighted by molar-refractivity contribution is -0.141. The van der Waals surface area contributed by atoms with Crippen LogP contribution in [-0.4, -0.2) is 52.9 Å². The minimum absolute atomic E-state index is 0.0146.